The molecule has 0 radical (unpaired) electrons. The Morgan fingerprint density at radius 2 is 2.32 bits per heavy atom. The molecule has 2 unspecified atom stereocenters. The van der Waals surface area contributed by atoms with Gasteiger partial charge in [0.2, 0.25) is 0 Å². The van der Waals surface area contributed by atoms with E-state index in [0.717, 1.165) is 4.88 Å². The third-order valence-electron chi connectivity index (χ3n) is 3.75. The molecule has 2 N–H and O–H groups in total. The van der Waals surface area contributed by atoms with E-state index in [2.05, 4.69) is 4.98 Å². The summed E-state index contributed by atoms with van der Waals surface area (Å²) in [5.41, 5.74) is -2.15. The molecule has 0 aromatic carbocycles. The van der Waals surface area contributed by atoms with Crippen LogP contribution in [-0.4, -0.2) is 55.3 Å². The van der Waals surface area contributed by atoms with Crippen LogP contribution in [0.1, 0.15) is 18.7 Å². The Morgan fingerprint density at radius 3 is 2.77 bits per heavy atom. The van der Waals surface area contributed by atoms with Gasteiger partial charge in [-0.1, -0.05) is 11.6 Å². The number of rotatable bonds is 5. The fraction of sp³-hybridized carbons (Fsp3) is 0.583. The van der Waals surface area contributed by atoms with Gasteiger partial charge in [-0.05, 0) is 13.8 Å². The van der Waals surface area contributed by atoms with Crippen molar-refractivity contribution in [2.45, 2.75) is 32.2 Å². The molecular weight excluding hydrogens is 332 g/mol. The van der Waals surface area contributed by atoms with Crippen LogP contribution in [0.25, 0.3) is 0 Å². The third kappa shape index (κ3) is 2.76. The van der Waals surface area contributed by atoms with Crippen molar-refractivity contribution in [1.29, 1.82) is 0 Å². The SMILES string of the molecule is CCN(Cc1cnc(Cl)s1)C1=C([N+](=O)[O-])C(O)C(C)(O)N1C. The Bertz CT molecular complexity index is 618. The van der Waals surface area contributed by atoms with E-state index in [9.17, 15) is 20.3 Å². The molecule has 0 spiro atoms. The number of aliphatic hydroxyl groups is 2. The Balaban J connectivity index is 2.41. The van der Waals surface area contributed by atoms with E-state index in [0.29, 0.717) is 17.6 Å². The van der Waals surface area contributed by atoms with Gasteiger partial charge in [-0.2, -0.15) is 0 Å². The van der Waals surface area contributed by atoms with Crippen molar-refractivity contribution in [2.24, 2.45) is 0 Å². The summed E-state index contributed by atoms with van der Waals surface area (Å²) in [6.07, 6.45) is 0.00701. The summed E-state index contributed by atoms with van der Waals surface area (Å²) in [5, 5.41) is 31.7. The van der Waals surface area contributed by atoms with E-state index in [1.54, 1.807) is 11.1 Å². The topological polar surface area (TPSA) is 103 Å². The van der Waals surface area contributed by atoms with Crippen LogP contribution in [0, 0.1) is 10.1 Å². The fourth-order valence-corrected chi connectivity index (χ4v) is 3.38. The normalized spacial score (nSPS) is 25.0. The van der Waals surface area contributed by atoms with Gasteiger partial charge >= 0.3 is 5.70 Å². The summed E-state index contributed by atoms with van der Waals surface area (Å²) in [6, 6.07) is 0. The lowest BCUT2D eigenvalue weighted by Crippen LogP contribution is -2.49. The van der Waals surface area contributed by atoms with Crippen molar-refractivity contribution in [1.82, 2.24) is 14.8 Å². The van der Waals surface area contributed by atoms with Crippen molar-refractivity contribution in [3.63, 3.8) is 0 Å². The standard InChI is InChI=1S/C12H17ClN4O4S/c1-4-16(6-7-5-14-11(13)22-7)10-8(17(20)21)9(18)12(2,19)15(10)3/h5,9,18-19H,4,6H2,1-3H3. The van der Waals surface area contributed by atoms with Crippen molar-refractivity contribution >= 4 is 22.9 Å². The molecular formula is C12H17ClN4O4S. The maximum Gasteiger partial charge on any atom is 0.319 e. The predicted octanol–water partition coefficient (Wildman–Crippen LogP) is 1.08. The van der Waals surface area contributed by atoms with Crippen LogP contribution in [0.3, 0.4) is 0 Å². The van der Waals surface area contributed by atoms with Crippen LogP contribution in [0.4, 0.5) is 0 Å². The van der Waals surface area contributed by atoms with Gasteiger partial charge in [-0.25, -0.2) is 4.98 Å². The van der Waals surface area contributed by atoms with Gasteiger partial charge in [-0.3, -0.25) is 10.1 Å². The molecule has 122 valence electrons. The zero-order chi connectivity index (χ0) is 16.7. The molecule has 1 aliphatic rings. The second-order valence-electron chi connectivity index (χ2n) is 5.12. The number of hydrogen-bond acceptors (Lipinski definition) is 8. The second kappa shape index (κ2) is 5.99. The zero-order valence-corrected chi connectivity index (χ0v) is 13.9. The molecule has 0 amide bonds. The Morgan fingerprint density at radius 1 is 1.68 bits per heavy atom. The van der Waals surface area contributed by atoms with Gasteiger partial charge < -0.3 is 20.0 Å². The molecule has 0 aliphatic carbocycles. The molecule has 1 aliphatic heterocycles. The first-order valence-corrected chi connectivity index (χ1v) is 7.77. The van der Waals surface area contributed by atoms with Gasteiger partial charge in [-0.15, -0.1) is 11.3 Å². The van der Waals surface area contributed by atoms with Crippen molar-refractivity contribution < 1.29 is 15.1 Å². The van der Waals surface area contributed by atoms with E-state index < -0.39 is 22.4 Å². The highest BCUT2D eigenvalue weighted by atomic mass is 35.5. The molecule has 0 saturated carbocycles. The van der Waals surface area contributed by atoms with Gasteiger partial charge in [0.25, 0.3) is 0 Å². The van der Waals surface area contributed by atoms with Crippen LogP contribution < -0.4 is 0 Å². The average molecular weight is 349 g/mol. The molecule has 0 bridgehead atoms. The van der Waals surface area contributed by atoms with Crippen LogP contribution in [-0.2, 0) is 6.54 Å². The minimum atomic E-state index is -1.74. The zero-order valence-electron chi connectivity index (χ0n) is 12.4. The molecule has 8 nitrogen and oxygen atoms in total. The number of hydrogen-bond donors (Lipinski definition) is 2. The number of nitro groups is 1. The van der Waals surface area contributed by atoms with Crippen LogP contribution in [0.15, 0.2) is 17.7 Å². The highest BCUT2D eigenvalue weighted by Gasteiger charge is 2.54. The summed E-state index contributed by atoms with van der Waals surface area (Å²) >= 11 is 7.08. The van der Waals surface area contributed by atoms with E-state index in [1.165, 1.54) is 30.2 Å². The minimum absolute atomic E-state index is 0.189. The van der Waals surface area contributed by atoms with E-state index in [1.807, 2.05) is 6.92 Å². The Kier molecular flexibility index (Phi) is 4.62. The second-order valence-corrected chi connectivity index (χ2v) is 6.81. The molecule has 0 fully saturated rings. The summed E-state index contributed by atoms with van der Waals surface area (Å²) in [4.78, 5) is 18.5. The van der Waals surface area contributed by atoms with Gasteiger partial charge in [0.05, 0.1) is 11.5 Å². The quantitative estimate of drug-likeness (QED) is 0.606. The lowest BCUT2D eigenvalue weighted by atomic mass is 10.1. The molecule has 1 aromatic rings. The largest absolute Gasteiger partial charge is 0.378 e. The molecule has 0 saturated heterocycles. The molecule has 2 atom stereocenters. The van der Waals surface area contributed by atoms with Crippen LogP contribution in [0.2, 0.25) is 4.47 Å². The highest BCUT2D eigenvalue weighted by molar-refractivity contribution is 7.15. The van der Waals surface area contributed by atoms with Crippen molar-refractivity contribution in [3.05, 3.63) is 37.2 Å². The first kappa shape index (κ1) is 16.9. The molecule has 2 heterocycles. The maximum absolute atomic E-state index is 11.3. The summed E-state index contributed by atoms with van der Waals surface area (Å²) in [5.74, 6) is 0.189. The fourth-order valence-electron chi connectivity index (χ4n) is 2.39. The summed E-state index contributed by atoms with van der Waals surface area (Å²) in [6.45, 7) is 3.97. The van der Waals surface area contributed by atoms with Crippen molar-refractivity contribution in [2.75, 3.05) is 13.6 Å². The average Bonchev–Trinajstić information content (AvgIpc) is 2.92. The van der Waals surface area contributed by atoms with E-state index >= 15 is 0 Å². The van der Waals surface area contributed by atoms with E-state index in [4.69, 9.17) is 11.6 Å². The van der Waals surface area contributed by atoms with Gasteiger partial charge in [0.15, 0.2) is 22.1 Å². The maximum atomic E-state index is 11.3. The number of aliphatic hydroxyl groups excluding tert-OH is 1. The Hall–Kier alpha value is -1.42. The number of nitrogens with zero attached hydrogens (tertiary/aromatic N) is 4. The predicted molar refractivity (Wildman–Crippen MR) is 81.6 cm³/mol. The Labute approximate surface area is 136 Å². The lowest BCUT2D eigenvalue weighted by Gasteiger charge is -2.35. The lowest BCUT2D eigenvalue weighted by molar-refractivity contribution is -0.439. The molecule has 1 aromatic heterocycles. The summed E-state index contributed by atoms with van der Waals surface area (Å²) in [7, 11) is 1.51. The van der Waals surface area contributed by atoms with Gasteiger partial charge in [0, 0.05) is 24.7 Å². The summed E-state index contributed by atoms with van der Waals surface area (Å²) < 4.78 is 0.390. The number of likely N-dealkylation sites (N-methyl/N-ethyl adjacent to an activating group) is 1. The number of aromatic nitrogens is 1. The van der Waals surface area contributed by atoms with Crippen LogP contribution in [0.5, 0.6) is 0 Å². The number of halogens is 1. The first-order chi connectivity index (χ1) is 10.2. The van der Waals surface area contributed by atoms with Gasteiger partial charge in [0.1, 0.15) is 0 Å². The molecule has 22 heavy (non-hydrogen) atoms. The van der Waals surface area contributed by atoms with E-state index in [-0.39, 0.29) is 5.82 Å². The van der Waals surface area contributed by atoms with Crippen molar-refractivity contribution in [3.8, 4) is 0 Å². The monoisotopic (exact) mass is 348 g/mol. The van der Waals surface area contributed by atoms with Crippen LogP contribution >= 0.6 is 22.9 Å². The molecule has 2 rings (SSSR count). The first-order valence-electron chi connectivity index (χ1n) is 6.58. The smallest absolute Gasteiger partial charge is 0.319 e. The minimum Gasteiger partial charge on any atom is -0.378 e. The highest BCUT2D eigenvalue weighted by Crippen LogP contribution is 2.37. The number of thiazole rings is 1. The molecule has 10 heteroatoms. The third-order valence-corrected chi connectivity index (χ3v) is 4.85.